The van der Waals surface area contributed by atoms with Crippen LogP contribution < -0.4 is 5.32 Å². The molecular formula is C16H20N4. The molecule has 3 rings (SSSR count). The van der Waals surface area contributed by atoms with E-state index in [1.54, 1.807) is 6.20 Å². The molecule has 20 heavy (non-hydrogen) atoms. The van der Waals surface area contributed by atoms with Crippen LogP contribution in [0, 0.1) is 0 Å². The van der Waals surface area contributed by atoms with E-state index < -0.39 is 0 Å². The summed E-state index contributed by atoms with van der Waals surface area (Å²) in [6.45, 7) is 6.31. The molecule has 0 amide bonds. The zero-order valence-corrected chi connectivity index (χ0v) is 12.1. The van der Waals surface area contributed by atoms with Crippen LogP contribution in [0.3, 0.4) is 0 Å². The molecule has 2 aromatic rings. The molecule has 2 aromatic heterocycles. The lowest BCUT2D eigenvalue weighted by Gasteiger charge is -2.21. The smallest absolute Gasteiger partial charge is 0.133 e. The number of fused-ring (bicyclic) bond motifs is 1. The molecule has 1 N–H and O–H groups in total. The van der Waals surface area contributed by atoms with Gasteiger partial charge in [0.2, 0.25) is 0 Å². The molecule has 0 saturated heterocycles. The summed E-state index contributed by atoms with van der Waals surface area (Å²) in [6, 6.07) is 4.04. The Bertz CT molecular complexity index is 593. The molecule has 104 valence electrons. The Hall–Kier alpha value is -1.81. The number of hydrogen-bond donors (Lipinski definition) is 1. The van der Waals surface area contributed by atoms with E-state index >= 15 is 0 Å². The highest BCUT2D eigenvalue weighted by atomic mass is 15.0. The van der Waals surface area contributed by atoms with E-state index in [9.17, 15) is 0 Å². The van der Waals surface area contributed by atoms with Gasteiger partial charge in [-0.2, -0.15) is 0 Å². The summed E-state index contributed by atoms with van der Waals surface area (Å²) >= 11 is 0. The number of nitrogens with one attached hydrogen (secondary N) is 1. The van der Waals surface area contributed by atoms with Crippen molar-refractivity contribution in [3.8, 4) is 0 Å². The maximum absolute atomic E-state index is 4.80. The molecule has 0 atom stereocenters. The van der Waals surface area contributed by atoms with Gasteiger partial charge in [0.05, 0.1) is 11.4 Å². The molecule has 4 heteroatoms. The summed E-state index contributed by atoms with van der Waals surface area (Å²) in [6.07, 6.45) is 5.44. The highest BCUT2D eigenvalue weighted by Crippen LogP contribution is 2.23. The van der Waals surface area contributed by atoms with Gasteiger partial charge in [0.25, 0.3) is 0 Å². The van der Waals surface area contributed by atoms with Crippen LogP contribution in [0.1, 0.15) is 48.1 Å². The topological polar surface area (TPSA) is 50.7 Å². The number of rotatable bonds is 3. The van der Waals surface area contributed by atoms with Crippen LogP contribution in [0.4, 0.5) is 0 Å². The monoisotopic (exact) mass is 268 g/mol. The van der Waals surface area contributed by atoms with Crippen molar-refractivity contribution in [2.45, 2.75) is 39.2 Å². The first-order chi connectivity index (χ1) is 9.74. The molecule has 0 unspecified atom stereocenters. The Kier molecular flexibility index (Phi) is 3.74. The Labute approximate surface area is 119 Å². The highest BCUT2D eigenvalue weighted by Gasteiger charge is 2.19. The molecule has 0 spiro atoms. The molecule has 0 saturated carbocycles. The van der Waals surface area contributed by atoms with Crippen molar-refractivity contribution < 1.29 is 0 Å². The molecule has 0 radical (unpaired) electrons. The Morgan fingerprint density at radius 3 is 2.95 bits per heavy atom. The Balaban J connectivity index is 1.97. The normalized spacial score (nSPS) is 14.3. The second-order valence-electron chi connectivity index (χ2n) is 5.57. The molecule has 0 bridgehead atoms. The maximum Gasteiger partial charge on any atom is 0.133 e. The number of nitrogens with zero attached hydrogens (tertiary/aromatic N) is 3. The van der Waals surface area contributed by atoms with Crippen molar-refractivity contribution in [2.24, 2.45) is 0 Å². The van der Waals surface area contributed by atoms with Crippen LogP contribution >= 0.6 is 0 Å². The lowest BCUT2D eigenvalue weighted by molar-refractivity contribution is 0.602. The van der Waals surface area contributed by atoms with E-state index in [1.807, 2.05) is 12.3 Å². The van der Waals surface area contributed by atoms with Gasteiger partial charge in [-0.1, -0.05) is 19.9 Å². The molecule has 3 heterocycles. The van der Waals surface area contributed by atoms with E-state index in [-0.39, 0.29) is 0 Å². The first-order valence-corrected chi connectivity index (χ1v) is 7.22. The number of hydrogen-bond acceptors (Lipinski definition) is 4. The fraction of sp³-hybridized carbons (Fsp3) is 0.438. The maximum atomic E-state index is 4.80. The quantitative estimate of drug-likeness (QED) is 0.927. The molecule has 1 aliphatic rings. The average Bonchev–Trinajstić information content (AvgIpc) is 2.47. The second-order valence-corrected chi connectivity index (χ2v) is 5.57. The van der Waals surface area contributed by atoms with Crippen molar-refractivity contribution in [2.75, 3.05) is 6.54 Å². The fourth-order valence-corrected chi connectivity index (χ4v) is 2.66. The van der Waals surface area contributed by atoms with E-state index in [0.29, 0.717) is 5.92 Å². The first kappa shape index (κ1) is 13.2. The van der Waals surface area contributed by atoms with Gasteiger partial charge in [0.1, 0.15) is 5.82 Å². The van der Waals surface area contributed by atoms with Gasteiger partial charge in [-0.05, 0) is 17.5 Å². The number of pyridine rings is 1. The van der Waals surface area contributed by atoms with Gasteiger partial charge in [0.15, 0.2) is 0 Å². The first-order valence-electron chi connectivity index (χ1n) is 7.22. The van der Waals surface area contributed by atoms with Crippen molar-refractivity contribution >= 4 is 0 Å². The van der Waals surface area contributed by atoms with Gasteiger partial charge in [0, 0.05) is 43.9 Å². The standard InChI is InChI=1S/C16H20N4/c1-11(2)16-13-10-18-7-5-14(13)19-15(20-16)8-12-4-3-6-17-9-12/h3-4,6,9,11,18H,5,7-8,10H2,1-2H3. The predicted molar refractivity (Wildman–Crippen MR) is 78.6 cm³/mol. The minimum absolute atomic E-state index is 0.430. The van der Waals surface area contributed by atoms with Gasteiger partial charge in [-0.3, -0.25) is 4.98 Å². The average molecular weight is 268 g/mol. The lowest BCUT2D eigenvalue weighted by Crippen LogP contribution is -2.27. The van der Waals surface area contributed by atoms with Crippen LogP contribution in [-0.4, -0.2) is 21.5 Å². The third-order valence-corrected chi connectivity index (χ3v) is 3.64. The van der Waals surface area contributed by atoms with Crippen molar-refractivity contribution in [3.63, 3.8) is 0 Å². The Morgan fingerprint density at radius 1 is 1.30 bits per heavy atom. The van der Waals surface area contributed by atoms with Gasteiger partial charge in [-0.25, -0.2) is 9.97 Å². The molecule has 1 aliphatic heterocycles. The summed E-state index contributed by atoms with van der Waals surface area (Å²) in [5, 5.41) is 3.42. The molecule has 0 aromatic carbocycles. The third-order valence-electron chi connectivity index (χ3n) is 3.64. The second kappa shape index (κ2) is 5.67. The summed E-state index contributed by atoms with van der Waals surface area (Å²) in [5.41, 5.74) is 4.89. The van der Waals surface area contributed by atoms with Crippen LogP contribution in [0.15, 0.2) is 24.5 Å². The van der Waals surface area contributed by atoms with Crippen LogP contribution in [0.5, 0.6) is 0 Å². The SMILES string of the molecule is CC(C)c1nc(Cc2cccnc2)nc2c1CNCC2. The third kappa shape index (κ3) is 2.70. The zero-order chi connectivity index (χ0) is 13.9. The van der Waals surface area contributed by atoms with Gasteiger partial charge in [-0.15, -0.1) is 0 Å². The van der Waals surface area contributed by atoms with E-state index in [2.05, 4.69) is 30.2 Å². The van der Waals surface area contributed by atoms with Crippen LogP contribution in [0.2, 0.25) is 0 Å². The minimum Gasteiger partial charge on any atom is -0.312 e. The molecule has 0 fully saturated rings. The number of aromatic nitrogens is 3. The predicted octanol–water partition coefficient (Wildman–Crippen LogP) is 2.23. The summed E-state index contributed by atoms with van der Waals surface area (Å²) < 4.78 is 0. The van der Waals surface area contributed by atoms with Crippen molar-refractivity contribution in [1.29, 1.82) is 0 Å². The fourth-order valence-electron chi connectivity index (χ4n) is 2.66. The molecular weight excluding hydrogens is 248 g/mol. The minimum atomic E-state index is 0.430. The van der Waals surface area contributed by atoms with E-state index in [1.165, 1.54) is 17.0 Å². The molecule has 4 nitrogen and oxygen atoms in total. The highest BCUT2D eigenvalue weighted by molar-refractivity contribution is 5.31. The van der Waals surface area contributed by atoms with E-state index in [0.717, 1.165) is 37.3 Å². The zero-order valence-electron chi connectivity index (χ0n) is 12.1. The summed E-state index contributed by atoms with van der Waals surface area (Å²) in [4.78, 5) is 13.7. The van der Waals surface area contributed by atoms with Crippen LogP contribution in [0.25, 0.3) is 0 Å². The van der Waals surface area contributed by atoms with Gasteiger partial charge >= 0.3 is 0 Å². The van der Waals surface area contributed by atoms with Gasteiger partial charge < -0.3 is 5.32 Å². The largest absolute Gasteiger partial charge is 0.312 e. The Morgan fingerprint density at radius 2 is 2.20 bits per heavy atom. The summed E-state index contributed by atoms with van der Waals surface area (Å²) in [5.74, 6) is 1.35. The van der Waals surface area contributed by atoms with Crippen molar-refractivity contribution in [1.82, 2.24) is 20.3 Å². The van der Waals surface area contributed by atoms with Crippen molar-refractivity contribution in [3.05, 3.63) is 52.9 Å². The molecule has 0 aliphatic carbocycles. The van der Waals surface area contributed by atoms with Crippen LogP contribution in [-0.2, 0) is 19.4 Å². The lowest BCUT2D eigenvalue weighted by atomic mass is 9.98. The van der Waals surface area contributed by atoms with E-state index in [4.69, 9.17) is 9.97 Å². The summed E-state index contributed by atoms with van der Waals surface area (Å²) in [7, 11) is 0.